The zero-order valence-electron chi connectivity index (χ0n) is 34.3. The molecule has 3 aliphatic rings. The van der Waals surface area contributed by atoms with E-state index in [0.29, 0.717) is 10.6 Å². The van der Waals surface area contributed by atoms with E-state index in [-0.39, 0.29) is 61.2 Å². The van der Waals surface area contributed by atoms with Gasteiger partial charge in [0, 0.05) is 34.2 Å². The fourth-order valence-electron chi connectivity index (χ4n) is 9.42. The van der Waals surface area contributed by atoms with Crippen molar-refractivity contribution < 1.29 is 81.7 Å². The summed E-state index contributed by atoms with van der Waals surface area (Å²) in [5.41, 5.74) is 10.7. The number of aromatic nitrogens is 1. The molecule has 0 bridgehead atoms. The SMILES string of the molecule is CC1=C(C=CC2=C(Sc3nc4ccccc4o3)/C(=C/C=C3N(C)c4ccc5cc(S(=O)(=O)[O-])ccc5c4C3(C)C)CC2)C(C)(C)c2c1ccc1cc(S(=O)(=O)O)ccc21.[K+]. The molecule has 0 radical (unpaired) electrons. The maximum Gasteiger partial charge on any atom is 1.00 e. The van der Waals surface area contributed by atoms with Crippen LogP contribution in [0.3, 0.4) is 0 Å². The summed E-state index contributed by atoms with van der Waals surface area (Å²) in [6, 6.07) is 24.9. The van der Waals surface area contributed by atoms with Crippen molar-refractivity contribution in [3.63, 3.8) is 0 Å². The fraction of sp³-hybridized carbons (Fsp3) is 0.213. The van der Waals surface area contributed by atoms with Crippen LogP contribution < -0.4 is 56.3 Å². The molecule has 2 aliphatic carbocycles. The quantitative estimate of drug-likeness (QED) is 0.124. The first-order valence-corrected chi connectivity index (χ1v) is 22.9. The van der Waals surface area contributed by atoms with Crippen molar-refractivity contribution in [1.29, 1.82) is 0 Å². The van der Waals surface area contributed by atoms with E-state index < -0.39 is 31.1 Å². The number of thioether (sulfide) groups is 1. The van der Waals surface area contributed by atoms with Crippen LogP contribution in [-0.4, -0.2) is 38.0 Å². The van der Waals surface area contributed by atoms with E-state index in [1.54, 1.807) is 12.1 Å². The standard InChI is InChI=1S/C47H42N2O7S3.K/c1-27-34-19-13-30-25-32(58(50,51)52)17-20-35(30)42(34)46(2,3)37(27)22-14-28-11-12-29(44(28)57-45-48-38-9-7-8-10-40(38)56-45)16-24-41-47(4,5)43-36-21-18-33(59(53,54)55)26-31(36)15-23-39(43)49(41)6;/h7-10,13-26H,11-12H2,1-6H3,(H,50,51,52)(H,53,54,55);/q;+1/p-1/b22-14?,29-16+,41-24?;. The van der Waals surface area contributed by atoms with Crippen LogP contribution in [0.5, 0.6) is 0 Å². The van der Waals surface area contributed by atoms with Crippen molar-refractivity contribution in [2.24, 2.45) is 0 Å². The average Bonchev–Trinajstić information content (AvgIpc) is 3.87. The Hall–Kier alpha value is -3.60. The summed E-state index contributed by atoms with van der Waals surface area (Å²) in [6.07, 6.45) is 10.4. The van der Waals surface area contributed by atoms with Gasteiger partial charge in [-0.2, -0.15) is 8.42 Å². The molecular weight excluding hydrogens is 840 g/mol. The second kappa shape index (κ2) is 15.3. The van der Waals surface area contributed by atoms with Gasteiger partial charge in [-0.25, -0.2) is 13.4 Å². The minimum absolute atomic E-state index is 0. The minimum Gasteiger partial charge on any atom is -0.744 e. The molecule has 1 N–H and O–H groups in total. The molecule has 13 heteroatoms. The first-order chi connectivity index (χ1) is 27.8. The third-order valence-electron chi connectivity index (χ3n) is 12.2. The van der Waals surface area contributed by atoms with E-state index in [0.717, 1.165) is 95.4 Å². The topological polar surface area (TPSA) is 141 Å². The van der Waals surface area contributed by atoms with E-state index in [1.807, 2.05) is 55.6 Å². The number of para-hydroxylation sites is 2. The molecule has 0 saturated heterocycles. The molecule has 1 aliphatic heterocycles. The van der Waals surface area contributed by atoms with Gasteiger partial charge in [0.25, 0.3) is 15.3 Å². The number of oxazole rings is 1. The van der Waals surface area contributed by atoms with E-state index >= 15 is 0 Å². The van der Waals surface area contributed by atoms with E-state index in [2.05, 4.69) is 63.8 Å². The number of allylic oxidation sites excluding steroid dienone is 9. The summed E-state index contributed by atoms with van der Waals surface area (Å²) in [7, 11) is -6.88. The smallest absolute Gasteiger partial charge is 0.744 e. The Bertz CT molecular complexity index is 3190. The summed E-state index contributed by atoms with van der Waals surface area (Å²) in [5, 5.41) is 3.86. The molecule has 0 amide bonds. The van der Waals surface area contributed by atoms with Gasteiger partial charge in [-0.3, -0.25) is 4.55 Å². The molecule has 5 aromatic carbocycles. The molecule has 0 spiro atoms. The fourth-order valence-corrected chi connectivity index (χ4v) is 11.5. The Morgan fingerprint density at radius 2 is 1.48 bits per heavy atom. The molecular formula is C47H41KN2O7S3. The van der Waals surface area contributed by atoms with E-state index in [4.69, 9.17) is 9.40 Å². The van der Waals surface area contributed by atoms with Gasteiger partial charge in [0.2, 0.25) is 0 Å². The van der Waals surface area contributed by atoms with Crippen LogP contribution in [0.2, 0.25) is 0 Å². The molecule has 300 valence electrons. The first-order valence-electron chi connectivity index (χ1n) is 19.2. The largest absolute Gasteiger partial charge is 1.00 e. The normalized spacial score (nSPS) is 18.8. The summed E-state index contributed by atoms with van der Waals surface area (Å²) < 4.78 is 75.2. The Labute approximate surface area is 397 Å². The number of hydrogen-bond acceptors (Lipinski definition) is 9. The Balaban J connectivity index is 0.00000499. The summed E-state index contributed by atoms with van der Waals surface area (Å²) in [5.74, 6) is 0. The monoisotopic (exact) mass is 880 g/mol. The van der Waals surface area contributed by atoms with Crippen LogP contribution in [0.4, 0.5) is 5.69 Å². The molecule has 9 nitrogen and oxygen atoms in total. The zero-order valence-corrected chi connectivity index (χ0v) is 39.9. The zero-order chi connectivity index (χ0) is 41.8. The summed E-state index contributed by atoms with van der Waals surface area (Å²) >= 11 is 1.52. The second-order valence-corrected chi connectivity index (χ2v) is 20.2. The number of fused-ring (bicyclic) bond motifs is 7. The number of rotatable bonds is 7. The average molecular weight is 881 g/mol. The van der Waals surface area contributed by atoms with Crippen LogP contribution >= 0.6 is 11.8 Å². The molecule has 60 heavy (non-hydrogen) atoms. The van der Waals surface area contributed by atoms with Crippen molar-refractivity contribution in [1.82, 2.24) is 4.98 Å². The van der Waals surface area contributed by atoms with Gasteiger partial charge < -0.3 is 13.9 Å². The van der Waals surface area contributed by atoms with Gasteiger partial charge in [0.05, 0.1) is 9.79 Å². The van der Waals surface area contributed by atoms with Crippen LogP contribution in [0.15, 0.2) is 156 Å². The second-order valence-electron chi connectivity index (χ2n) is 16.5. The van der Waals surface area contributed by atoms with Crippen molar-refractivity contribution in [2.45, 2.75) is 73.3 Å². The Morgan fingerprint density at radius 3 is 2.18 bits per heavy atom. The maximum absolute atomic E-state index is 11.9. The molecule has 0 atom stereocenters. The Morgan fingerprint density at radius 1 is 0.817 bits per heavy atom. The molecule has 2 heterocycles. The summed E-state index contributed by atoms with van der Waals surface area (Å²) in [4.78, 5) is 7.70. The molecule has 1 aromatic heterocycles. The van der Waals surface area contributed by atoms with Crippen molar-refractivity contribution in [3.05, 3.63) is 153 Å². The molecule has 0 saturated carbocycles. The number of likely N-dealkylation sites (N-methyl/N-ethyl adjacent to an activating group) is 1. The molecule has 6 aromatic rings. The van der Waals surface area contributed by atoms with E-state index in [1.165, 1.54) is 36.0 Å². The van der Waals surface area contributed by atoms with Gasteiger partial charge in [0.1, 0.15) is 15.6 Å². The van der Waals surface area contributed by atoms with Crippen LogP contribution in [0.25, 0.3) is 38.2 Å². The number of anilines is 1. The predicted molar refractivity (Wildman–Crippen MR) is 234 cm³/mol. The van der Waals surface area contributed by atoms with Gasteiger partial charge in [-0.15, -0.1) is 0 Å². The van der Waals surface area contributed by atoms with E-state index in [9.17, 15) is 25.9 Å². The third-order valence-corrected chi connectivity index (χ3v) is 15.0. The van der Waals surface area contributed by atoms with Gasteiger partial charge >= 0.3 is 51.4 Å². The van der Waals surface area contributed by atoms with Crippen molar-refractivity contribution in [2.75, 3.05) is 11.9 Å². The maximum atomic E-state index is 11.9. The number of benzene rings is 5. The van der Waals surface area contributed by atoms with Gasteiger partial charge in [-0.05, 0) is 141 Å². The number of hydrogen-bond donors (Lipinski definition) is 1. The van der Waals surface area contributed by atoms with Crippen LogP contribution in [0.1, 0.15) is 64.2 Å². The van der Waals surface area contributed by atoms with Crippen LogP contribution in [0, 0.1) is 0 Å². The summed E-state index contributed by atoms with van der Waals surface area (Å²) in [6.45, 7) is 10.8. The number of nitrogens with zero attached hydrogens (tertiary/aromatic N) is 2. The van der Waals surface area contributed by atoms with Gasteiger partial charge in [0.15, 0.2) is 5.58 Å². The molecule has 0 fully saturated rings. The van der Waals surface area contributed by atoms with Crippen molar-refractivity contribution >= 4 is 75.9 Å². The minimum atomic E-state index is -4.59. The van der Waals surface area contributed by atoms with Crippen LogP contribution in [-0.2, 0) is 31.1 Å². The third kappa shape index (κ3) is 7.24. The molecule has 9 rings (SSSR count). The predicted octanol–water partition coefficient (Wildman–Crippen LogP) is 7.99. The first kappa shape index (κ1) is 43.1. The van der Waals surface area contributed by atoms with Crippen molar-refractivity contribution in [3.8, 4) is 0 Å². The molecule has 0 unspecified atom stereocenters. The Kier molecular flexibility index (Phi) is 11.0. The van der Waals surface area contributed by atoms with Gasteiger partial charge in [-0.1, -0.05) is 88.4 Å².